The fourth-order valence-corrected chi connectivity index (χ4v) is 2.51. The molecule has 1 saturated heterocycles. The van der Waals surface area contributed by atoms with Crippen molar-refractivity contribution in [3.63, 3.8) is 0 Å². The molecule has 1 atom stereocenters. The molecule has 0 bridgehead atoms. The van der Waals surface area contributed by atoms with Crippen LogP contribution in [0.4, 0.5) is 5.69 Å². The van der Waals surface area contributed by atoms with Crippen LogP contribution in [0.2, 0.25) is 0 Å². The predicted octanol–water partition coefficient (Wildman–Crippen LogP) is 2.28. The maximum atomic E-state index is 4.54. The molecule has 17 heavy (non-hydrogen) atoms. The van der Waals surface area contributed by atoms with Gasteiger partial charge in [0.1, 0.15) is 0 Å². The van der Waals surface area contributed by atoms with Gasteiger partial charge in [-0.3, -0.25) is 4.98 Å². The Hall–Kier alpha value is -1.09. The number of nitrogens with one attached hydrogen (secondary N) is 1. The van der Waals surface area contributed by atoms with Gasteiger partial charge in [0.2, 0.25) is 0 Å². The van der Waals surface area contributed by atoms with Crippen LogP contribution in [-0.2, 0) is 0 Å². The van der Waals surface area contributed by atoms with E-state index in [0.717, 1.165) is 31.0 Å². The van der Waals surface area contributed by atoms with Crippen LogP contribution in [0.5, 0.6) is 0 Å². The average Bonchev–Trinajstić information content (AvgIpc) is 2.75. The topological polar surface area (TPSA) is 28.2 Å². The normalized spacial score (nSPS) is 19.9. The molecule has 0 aromatic carbocycles. The van der Waals surface area contributed by atoms with E-state index < -0.39 is 0 Å². The molecule has 2 heterocycles. The summed E-state index contributed by atoms with van der Waals surface area (Å²) >= 11 is 0. The summed E-state index contributed by atoms with van der Waals surface area (Å²) in [6, 6.07) is 4.96. The second-order valence-corrected chi connectivity index (χ2v) is 4.94. The lowest BCUT2D eigenvalue weighted by atomic mass is 10.2. The van der Waals surface area contributed by atoms with Crippen molar-refractivity contribution in [2.45, 2.75) is 39.7 Å². The molecule has 3 heteroatoms. The number of aromatic nitrogens is 1. The molecular weight excluding hydrogens is 210 g/mol. The highest BCUT2D eigenvalue weighted by molar-refractivity contribution is 5.51. The Kier molecular flexibility index (Phi) is 4.00. The molecule has 2 rings (SSSR count). The van der Waals surface area contributed by atoms with Gasteiger partial charge in [-0.05, 0) is 45.4 Å². The van der Waals surface area contributed by atoms with Crippen molar-refractivity contribution < 1.29 is 0 Å². The molecule has 0 aliphatic carbocycles. The first-order valence-corrected chi connectivity index (χ1v) is 6.63. The standard InChI is InChI=1S/C14H23N3/c1-4-8-15-13-7-9-17(10-13)14-6-5-11(2)16-12(14)3/h5-6,13,15H,4,7-10H2,1-3H3. The highest BCUT2D eigenvalue weighted by Crippen LogP contribution is 2.23. The fraction of sp³-hybridized carbons (Fsp3) is 0.643. The molecule has 0 radical (unpaired) electrons. The smallest absolute Gasteiger partial charge is 0.0608 e. The van der Waals surface area contributed by atoms with Crippen LogP contribution in [-0.4, -0.2) is 30.7 Å². The minimum absolute atomic E-state index is 0.649. The van der Waals surface area contributed by atoms with E-state index in [1.807, 2.05) is 6.92 Å². The molecule has 1 aliphatic heterocycles. The van der Waals surface area contributed by atoms with Gasteiger partial charge in [-0.2, -0.15) is 0 Å². The van der Waals surface area contributed by atoms with E-state index in [1.54, 1.807) is 0 Å². The monoisotopic (exact) mass is 233 g/mol. The summed E-state index contributed by atoms with van der Waals surface area (Å²) in [6.45, 7) is 9.76. The molecule has 94 valence electrons. The van der Waals surface area contributed by atoms with Crippen molar-refractivity contribution in [1.82, 2.24) is 10.3 Å². The van der Waals surface area contributed by atoms with Crippen molar-refractivity contribution in [3.05, 3.63) is 23.5 Å². The number of anilines is 1. The van der Waals surface area contributed by atoms with E-state index in [1.165, 1.54) is 18.5 Å². The predicted molar refractivity (Wildman–Crippen MR) is 72.6 cm³/mol. The lowest BCUT2D eigenvalue weighted by molar-refractivity contribution is 0.549. The summed E-state index contributed by atoms with van der Waals surface area (Å²) < 4.78 is 0. The van der Waals surface area contributed by atoms with Gasteiger partial charge in [-0.25, -0.2) is 0 Å². The highest BCUT2D eigenvalue weighted by atomic mass is 15.2. The van der Waals surface area contributed by atoms with Gasteiger partial charge < -0.3 is 10.2 Å². The summed E-state index contributed by atoms with van der Waals surface area (Å²) in [5.41, 5.74) is 3.56. The van der Waals surface area contributed by atoms with Crippen LogP contribution in [0.1, 0.15) is 31.2 Å². The molecule has 3 nitrogen and oxygen atoms in total. The van der Waals surface area contributed by atoms with E-state index in [2.05, 4.69) is 41.2 Å². The average molecular weight is 233 g/mol. The van der Waals surface area contributed by atoms with Crippen LogP contribution in [0.15, 0.2) is 12.1 Å². The first-order valence-electron chi connectivity index (χ1n) is 6.63. The fourth-order valence-electron chi connectivity index (χ4n) is 2.51. The van der Waals surface area contributed by atoms with Crippen molar-refractivity contribution in [3.8, 4) is 0 Å². The SMILES string of the molecule is CCCNC1CCN(c2ccc(C)nc2C)C1. The molecule has 0 saturated carbocycles. The van der Waals surface area contributed by atoms with Crippen LogP contribution in [0.25, 0.3) is 0 Å². The van der Waals surface area contributed by atoms with E-state index in [-0.39, 0.29) is 0 Å². The Morgan fingerprint density at radius 3 is 2.94 bits per heavy atom. The first kappa shape index (κ1) is 12.4. The van der Waals surface area contributed by atoms with E-state index in [0.29, 0.717) is 6.04 Å². The Bertz CT molecular complexity index is 376. The Labute approximate surface area is 104 Å². The summed E-state index contributed by atoms with van der Waals surface area (Å²) in [5.74, 6) is 0. The van der Waals surface area contributed by atoms with Gasteiger partial charge in [-0.1, -0.05) is 6.92 Å². The lowest BCUT2D eigenvalue weighted by Gasteiger charge is -2.20. The molecule has 1 aromatic heterocycles. The number of aryl methyl sites for hydroxylation is 2. The summed E-state index contributed by atoms with van der Waals surface area (Å²) in [5, 5.41) is 3.60. The van der Waals surface area contributed by atoms with Crippen molar-refractivity contribution in [2.24, 2.45) is 0 Å². The Morgan fingerprint density at radius 1 is 1.41 bits per heavy atom. The van der Waals surface area contributed by atoms with Gasteiger partial charge in [-0.15, -0.1) is 0 Å². The first-order chi connectivity index (χ1) is 8.20. The second-order valence-electron chi connectivity index (χ2n) is 4.94. The molecule has 1 unspecified atom stereocenters. The van der Waals surface area contributed by atoms with Gasteiger partial charge in [0, 0.05) is 24.8 Å². The number of hydrogen-bond donors (Lipinski definition) is 1. The molecule has 0 amide bonds. The largest absolute Gasteiger partial charge is 0.368 e. The summed E-state index contributed by atoms with van der Waals surface area (Å²) in [7, 11) is 0. The molecule has 1 aliphatic rings. The molecule has 1 N–H and O–H groups in total. The van der Waals surface area contributed by atoms with Crippen molar-refractivity contribution in [1.29, 1.82) is 0 Å². The lowest BCUT2D eigenvalue weighted by Crippen LogP contribution is -2.33. The minimum atomic E-state index is 0.649. The third kappa shape index (κ3) is 2.97. The number of hydrogen-bond acceptors (Lipinski definition) is 3. The minimum Gasteiger partial charge on any atom is -0.368 e. The molecule has 1 fully saturated rings. The molecule has 0 spiro atoms. The third-order valence-corrected chi connectivity index (χ3v) is 3.41. The quantitative estimate of drug-likeness (QED) is 0.864. The maximum absolute atomic E-state index is 4.54. The molecular formula is C14H23N3. The van der Waals surface area contributed by atoms with Crippen LogP contribution < -0.4 is 10.2 Å². The van der Waals surface area contributed by atoms with Gasteiger partial charge in [0.25, 0.3) is 0 Å². The number of rotatable bonds is 4. The zero-order valence-electron chi connectivity index (χ0n) is 11.2. The van der Waals surface area contributed by atoms with Gasteiger partial charge in [0.15, 0.2) is 0 Å². The van der Waals surface area contributed by atoms with Crippen LogP contribution >= 0.6 is 0 Å². The van der Waals surface area contributed by atoms with Crippen molar-refractivity contribution >= 4 is 5.69 Å². The van der Waals surface area contributed by atoms with Gasteiger partial charge in [0.05, 0.1) is 11.4 Å². The van der Waals surface area contributed by atoms with E-state index >= 15 is 0 Å². The van der Waals surface area contributed by atoms with E-state index in [4.69, 9.17) is 0 Å². The summed E-state index contributed by atoms with van der Waals surface area (Å²) in [4.78, 5) is 7.00. The second kappa shape index (κ2) is 5.50. The highest BCUT2D eigenvalue weighted by Gasteiger charge is 2.23. The maximum Gasteiger partial charge on any atom is 0.0608 e. The number of nitrogens with zero attached hydrogens (tertiary/aromatic N) is 2. The molecule has 1 aromatic rings. The zero-order chi connectivity index (χ0) is 12.3. The Morgan fingerprint density at radius 2 is 2.24 bits per heavy atom. The van der Waals surface area contributed by atoms with Crippen LogP contribution in [0.3, 0.4) is 0 Å². The number of pyridine rings is 1. The van der Waals surface area contributed by atoms with E-state index in [9.17, 15) is 0 Å². The zero-order valence-corrected chi connectivity index (χ0v) is 11.2. The Balaban J connectivity index is 2.00. The van der Waals surface area contributed by atoms with Gasteiger partial charge >= 0.3 is 0 Å². The summed E-state index contributed by atoms with van der Waals surface area (Å²) in [6.07, 6.45) is 2.45. The third-order valence-electron chi connectivity index (χ3n) is 3.41. The van der Waals surface area contributed by atoms with Crippen molar-refractivity contribution in [2.75, 3.05) is 24.5 Å². The van der Waals surface area contributed by atoms with Crippen LogP contribution in [0, 0.1) is 13.8 Å².